The third-order valence-electron chi connectivity index (χ3n) is 3.51. The van der Waals surface area contributed by atoms with Crippen molar-refractivity contribution in [2.24, 2.45) is 0 Å². The number of carbonyl (C=O) groups excluding carboxylic acids is 1. The first kappa shape index (κ1) is 15.4. The van der Waals surface area contributed by atoms with Gasteiger partial charge in [0.15, 0.2) is 0 Å². The maximum absolute atomic E-state index is 12.1. The Kier molecular flexibility index (Phi) is 4.48. The van der Waals surface area contributed by atoms with E-state index >= 15 is 0 Å². The van der Waals surface area contributed by atoms with E-state index < -0.39 is 0 Å². The number of hydrogen-bond donors (Lipinski definition) is 3. The molecule has 3 aromatic carbocycles. The Labute approximate surface area is 142 Å². The summed E-state index contributed by atoms with van der Waals surface area (Å²) in [7, 11) is 0. The highest BCUT2D eigenvalue weighted by atomic mass is 79.9. The largest absolute Gasteiger partial charge is 0.508 e. The molecule has 3 N–H and O–H groups in total. The van der Waals surface area contributed by atoms with E-state index in [0.717, 1.165) is 20.8 Å². The highest BCUT2D eigenvalue weighted by Gasteiger charge is 2.07. The normalized spacial score (nSPS) is 10.5. The molecule has 0 unspecified atom stereocenters. The monoisotopic (exact) mass is 370 g/mol. The second-order valence-corrected chi connectivity index (χ2v) is 5.96. The van der Waals surface area contributed by atoms with Crippen LogP contribution in [-0.4, -0.2) is 11.1 Å². The van der Waals surface area contributed by atoms with Gasteiger partial charge in [-0.05, 0) is 35.2 Å². The van der Waals surface area contributed by atoms with Crippen LogP contribution >= 0.6 is 15.9 Å². The summed E-state index contributed by atoms with van der Waals surface area (Å²) in [4.78, 5) is 12.1. The number of halogens is 1. The molecule has 0 aliphatic rings. The van der Waals surface area contributed by atoms with Crippen molar-refractivity contribution in [1.29, 1.82) is 0 Å². The van der Waals surface area contributed by atoms with Crippen molar-refractivity contribution in [3.05, 3.63) is 70.7 Å². The van der Waals surface area contributed by atoms with E-state index in [4.69, 9.17) is 0 Å². The lowest BCUT2D eigenvalue weighted by atomic mass is 10.1. The first-order valence-electron chi connectivity index (χ1n) is 7.13. The smallest absolute Gasteiger partial charge is 0.319 e. The van der Waals surface area contributed by atoms with Crippen LogP contribution in [0.4, 0.5) is 10.5 Å². The maximum Gasteiger partial charge on any atom is 0.319 e. The zero-order valence-corrected chi connectivity index (χ0v) is 13.8. The molecule has 2 amide bonds. The van der Waals surface area contributed by atoms with Gasteiger partial charge in [0.1, 0.15) is 5.75 Å². The number of fused-ring (bicyclic) bond motifs is 1. The standard InChI is InChI=1S/C18H15BrN2O2/c19-16-6-2-1-4-13(16)11-20-18(23)21-17-7-3-5-12-8-9-14(22)10-15(12)17/h1-10,22H,11H2,(H2,20,21,23). The number of anilines is 1. The Balaban J connectivity index is 1.73. The van der Waals surface area contributed by atoms with Crippen LogP contribution in [0.3, 0.4) is 0 Å². The van der Waals surface area contributed by atoms with E-state index in [1.54, 1.807) is 18.2 Å². The predicted octanol–water partition coefficient (Wildman–Crippen LogP) is 4.63. The number of amides is 2. The maximum atomic E-state index is 12.1. The van der Waals surface area contributed by atoms with Gasteiger partial charge in [0.05, 0.1) is 5.69 Å². The number of hydrogen-bond acceptors (Lipinski definition) is 2. The lowest BCUT2D eigenvalue weighted by Gasteiger charge is -2.11. The molecule has 0 fully saturated rings. The van der Waals surface area contributed by atoms with Gasteiger partial charge in [-0.25, -0.2) is 4.79 Å². The Morgan fingerprint density at radius 1 is 1.04 bits per heavy atom. The van der Waals surface area contributed by atoms with Crippen molar-refractivity contribution in [3.8, 4) is 5.75 Å². The molecule has 3 aromatic rings. The lowest BCUT2D eigenvalue weighted by Crippen LogP contribution is -2.28. The highest BCUT2D eigenvalue weighted by Crippen LogP contribution is 2.26. The minimum atomic E-state index is -0.295. The van der Waals surface area contributed by atoms with Crippen molar-refractivity contribution >= 4 is 38.4 Å². The minimum Gasteiger partial charge on any atom is -0.508 e. The molecular formula is C18H15BrN2O2. The summed E-state index contributed by atoms with van der Waals surface area (Å²) in [6, 6.07) is 18.1. The van der Waals surface area contributed by atoms with Gasteiger partial charge in [0, 0.05) is 16.4 Å². The summed E-state index contributed by atoms with van der Waals surface area (Å²) in [5, 5.41) is 17.0. The topological polar surface area (TPSA) is 61.4 Å². The molecule has 0 aliphatic carbocycles. The van der Waals surface area contributed by atoms with Crippen molar-refractivity contribution in [1.82, 2.24) is 5.32 Å². The molecule has 4 nitrogen and oxygen atoms in total. The average molecular weight is 371 g/mol. The summed E-state index contributed by atoms with van der Waals surface area (Å²) in [5.74, 6) is 0.167. The Bertz CT molecular complexity index is 865. The number of nitrogens with one attached hydrogen (secondary N) is 2. The minimum absolute atomic E-state index is 0.167. The van der Waals surface area contributed by atoms with Crippen LogP contribution in [0.2, 0.25) is 0 Å². The van der Waals surface area contributed by atoms with Crippen molar-refractivity contribution < 1.29 is 9.90 Å². The van der Waals surface area contributed by atoms with E-state index in [1.165, 1.54) is 0 Å². The van der Waals surface area contributed by atoms with E-state index in [0.29, 0.717) is 12.2 Å². The second kappa shape index (κ2) is 6.71. The third kappa shape index (κ3) is 3.63. The van der Waals surface area contributed by atoms with Crippen LogP contribution in [0.25, 0.3) is 10.8 Å². The van der Waals surface area contributed by atoms with Crippen LogP contribution in [0, 0.1) is 0 Å². The Hall–Kier alpha value is -2.53. The number of urea groups is 1. The Morgan fingerprint density at radius 2 is 1.87 bits per heavy atom. The third-order valence-corrected chi connectivity index (χ3v) is 4.28. The molecule has 0 bridgehead atoms. The molecule has 0 radical (unpaired) electrons. The summed E-state index contributed by atoms with van der Waals surface area (Å²) >= 11 is 3.45. The van der Waals surface area contributed by atoms with E-state index in [9.17, 15) is 9.90 Å². The summed E-state index contributed by atoms with van der Waals surface area (Å²) in [6.07, 6.45) is 0. The van der Waals surface area contributed by atoms with Crippen LogP contribution in [0.5, 0.6) is 5.75 Å². The molecule has 116 valence electrons. The van der Waals surface area contributed by atoms with E-state index in [-0.39, 0.29) is 11.8 Å². The summed E-state index contributed by atoms with van der Waals surface area (Å²) in [6.45, 7) is 0.420. The molecular weight excluding hydrogens is 356 g/mol. The molecule has 0 saturated heterocycles. The number of carbonyl (C=O) groups is 1. The van der Waals surface area contributed by atoms with Gasteiger partial charge in [0.25, 0.3) is 0 Å². The zero-order valence-electron chi connectivity index (χ0n) is 12.2. The van der Waals surface area contributed by atoms with Crippen LogP contribution in [0.15, 0.2) is 65.1 Å². The fourth-order valence-corrected chi connectivity index (χ4v) is 2.78. The van der Waals surface area contributed by atoms with Crippen LogP contribution < -0.4 is 10.6 Å². The van der Waals surface area contributed by atoms with Gasteiger partial charge in [-0.1, -0.05) is 52.3 Å². The van der Waals surface area contributed by atoms with Gasteiger partial charge in [0.2, 0.25) is 0 Å². The van der Waals surface area contributed by atoms with Crippen LogP contribution in [0.1, 0.15) is 5.56 Å². The average Bonchev–Trinajstić information content (AvgIpc) is 2.55. The van der Waals surface area contributed by atoms with Gasteiger partial charge in [-0.3, -0.25) is 0 Å². The van der Waals surface area contributed by atoms with Crippen molar-refractivity contribution in [3.63, 3.8) is 0 Å². The van der Waals surface area contributed by atoms with E-state index in [1.807, 2.05) is 42.5 Å². The van der Waals surface area contributed by atoms with Crippen molar-refractivity contribution in [2.75, 3.05) is 5.32 Å². The first-order valence-corrected chi connectivity index (χ1v) is 7.93. The van der Waals surface area contributed by atoms with Gasteiger partial charge >= 0.3 is 6.03 Å². The molecule has 23 heavy (non-hydrogen) atoms. The first-order chi connectivity index (χ1) is 11.1. The van der Waals surface area contributed by atoms with Gasteiger partial charge in [-0.15, -0.1) is 0 Å². The highest BCUT2D eigenvalue weighted by molar-refractivity contribution is 9.10. The molecule has 0 aliphatic heterocycles. The fraction of sp³-hybridized carbons (Fsp3) is 0.0556. The molecule has 3 rings (SSSR count). The number of phenolic OH excluding ortho intramolecular Hbond substituents is 1. The molecule has 0 atom stereocenters. The number of phenols is 1. The second-order valence-electron chi connectivity index (χ2n) is 5.11. The summed E-state index contributed by atoms with van der Waals surface area (Å²) < 4.78 is 0.954. The molecule has 0 spiro atoms. The Morgan fingerprint density at radius 3 is 2.70 bits per heavy atom. The van der Waals surface area contributed by atoms with Gasteiger partial charge in [-0.2, -0.15) is 0 Å². The lowest BCUT2D eigenvalue weighted by molar-refractivity contribution is 0.251. The number of benzene rings is 3. The molecule has 0 saturated carbocycles. The molecule has 5 heteroatoms. The molecule has 0 aromatic heterocycles. The number of aromatic hydroxyl groups is 1. The van der Waals surface area contributed by atoms with Gasteiger partial charge < -0.3 is 15.7 Å². The summed E-state index contributed by atoms with van der Waals surface area (Å²) in [5.41, 5.74) is 1.65. The molecule has 0 heterocycles. The quantitative estimate of drug-likeness (QED) is 0.629. The van der Waals surface area contributed by atoms with E-state index in [2.05, 4.69) is 26.6 Å². The SMILES string of the molecule is O=C(NCc1ccccc1Br)Nc1cccc2ccc(O)cc12. The van der Waals surface area contributed by atoms with Crippen LogP contribution in [-0.2, 0) is 6.54 Å². The van der Waals surface area contributed by atoms with Crippen molar-refractivity contribution in [2.45, 2.75) is 6.54 Å². The zero-order chi connectivity index (χ0) is 16.2. The number of rotatable bonds is 3. The fourth-order valence-electron chi connectivity index (χ4n) is 2.35. The predicted molar refractivity (Wildman–Crippen MR) is 95.6 cm³/mol.